The molecule has 0 bridgehead atoms. The lowest BCUT2D eigenvalue weighted by molar-refractivity contribution is 0.264. The van der Waals surface area contributed by atoms with Crippen molar-refractivity contribution < 1.29 is 0 Å². The summed E-state index contributed by atoms with van der Waals surface area (Å²) in [6.07, 6.45) is 1.92. The summed E-state index contributed by atoms with van der Waals surface area (Å²) in [6, 6.07) is 0.224. The monoisotopic (exact) mass is 267 g/mol. The summed E-state index contributed by atoms with van der Waals surface area (Å²) in [5.74, 6) is 0.218. The van der Waals surface area contributed by atoms with Crippen LogP contribution in [0, 0.1) is 0 Å². The van der Waals surface area contributed by atoms with E-state index in [0.717, 1.165) is 25.9 Å². The first-order valence-electron chi connectivity index (χ1n) is 6.60. The van der Waals surface area contributed by atoms with Crippen LogP contribution in [0.25, 0.3) is 0 Å². The first kappa shape index (κ1) is 13.7. The third-order valence-electron chi connectivity index (χ3n) is 3.62. The second-order valence-corrected chi connectivity index (χ2v) is 4.99. The van der Waals surface area contributed by atoms with Crippen LogP contribution in [0.3, 0.4) is 0 Å². The van der Waals surface area contributed by atoms with Gasteiger partial charge in [0, 0.05) is 12.6 Å². The van der Waals surface area contributed by atoms with Gasteiger partial charge in [0.2, 0.25) is 0 Å². The number of hydrogen-bond donors (Lipinski definition) is 3. The third-order valence-corrected chi connectivity index (χ3v) is 3.62. The Bertz CT molecular complexity index is 554. The van der Waals surface area contributed by atoms with E-state index in [0.29, 0.717) is 12.2 Å². The minimum absolute atomic E-state index is 0.218. The molecule has 0 aromatic carbocycles. The van der Waals surface area contributed by atoms with Crippen molar-refractivity contribution in [2.24, 2.45) is 0 Å². The SMILES string of the molecule is CCn1c(N)c(NC2CCN(C)CC2)c(=O)[nH]c1=O. The second kappa shape index (κ2) is 5.48. The van der Waals surface area contributed by atoms with E-state index in [-0.39, 0.29) is 11.9 Å². The van der Waals surface area contributed by atoms with Crippen LogP contribution in [0.1, 0.15) is 19.8 Å². The lowest BCUT2D eigenvalue weighted by Gasteiger charge is -2.30. The Balaban J connectivity index is 2.25. The van der Waals surface area contributed by atoms with Gasteiger partial charge in [-0.3, -0.25) is 14.3 Å². The Morgan fingerprint density at radius 3 is 2.58 bits per heavy atom. The van der Waals surface area contributed by atoms with Crippen molar-refractivity contribution in [3.63, 3.8) is 0 Å². The standard InChI is InChI=1S/C12H21N5O2/c1-3-17-10(13)9(11(18)15-12(17)19)14-8-4-6-16(2)7-5-8/h8,14H,3-7,13H2,1-2H3,(H,15,18,19). The number of nitrogen functional groups attached to an aromatic ring is 1. The molecule has 0 radical (unpaired) electrons. The molecule has 0 amide bonds. The van der Waals surface area contributed by atoms with Crippen molar-refractivity contribution in [1.82, 2.24) is 14.5 Å². The molecule has 19 heavy (non-hydrogen) atoms. The van der Waals surface area contributed by atoms with E-state index >= 15 is 0 Å². The molecule has 106 valence electrons. The molecule has 1 aliphatic rings. The van der Waals surface area contributed by atoms with Gasteiger partial charge in [-0.05, 0) is 39.9 Å². The van der Waals surface area contributed by atoms with Crippen LogP contribution in [-0.2, 0) is 6.54 Å². The Hall–Kier alpha value is -1.76. The molecule has 1 saturated heterocycles. The van der Waals surface area contributed by atoms with E-state index in [4.69, 9.17) is 5.73 Å². The van der Waals surface area contributed by atoms with Crippen molar-refractivity contribution in [3.05, 3.63) is 20.8 Å². The molecule has 0 unspecified atom stereocenters. The molecule has 0 atom stereocenters. The van der Waals surface area contributed by atoms with Gasteiger partial charge >= 0.3 is 5.69 Å². The van der Waals surface area contributed by atoms with E-state index in [1.165, 1.54) is 4.57 Å². The number of H-pyrrole nitrogens is 1. The predicted octanol–water partition coefficient (Wildman–Crippen LogP) is -0.355. The molecular weight excluding hydrogens is 246 g/mol. The lowest BCUT2D eigenvalue weighted by Crippen LogP contribution is -2.40. The summed E-state index contributed by atoms with van der Waals surface area (Å²) in [7, 11) is 2.08. The van der Waals surface area contributed by atoms with Crippen LogP contribution in [0.2, 0.25) is 0 Å². The normalized spacial score (nSPS) is 17.6. The fraction of sp³-hybridized carbons (Fsp3) is 0.667. The number of aromatic nitrogens is 2. The average molecular weight is 267 g/mol. The van der Waals surface area contributed by atoms with Crippen molar-refractivity contribution >= 4 is 11.5 Å². The second-order valence-electron chi connectivity index (χ2n) is 4.99. The van der Waals surface area contributed by atoms with Gasteiger partial charge in [0.1, 0.15) is 11.5 Å². The number of likely N-dealkylation sites (tertiary alicyclic amines) is 1. The summed E-state index contributed by atoms with van der Waals surface area (Å²) in [5.41, 5.74) is 5.33. The highest BCUT2D eigenvalue weighted by atomic mass is 16.2. The van der Waals surface area contributed by atoms with Crippen LogP contribution in [0.15, 0.2) is 9.59 Å². The number of aromatic amines is 1. The van der Waals surface area contributed by atoms with E-state index in [1.54, 1.807) is 0 Å². The number of piperidine rings is 1. The highest BCUT2D eigenvalue weighted by molar-refractivity contribution is 5.60. The van der Waals surface area contributed by atoms with Crippen molar-refractivity contribution in [1.29, 1.82) is 0 Å². The Morgan fingerprint density at radius 1 is 1.37 bits per heavy atom. The molecule has 1 fully saturated rings. The summed E-state index contributed by atoms with van der Waals surface area (Å²) < 4.78 is 1.36. The first-order valence-corrected chi connectivity index (χ1v) is 6.60. The maximum Gasteiger partial charge on any atom is 0.330 e. The lowest BCUT2D eigenvalue weighted by atomic mass is 10.1. The van der Waals surface area contributed by atoms with Gasteiger partial charge in [-0.15, -0.1) is 0 Å². The zero-order valence-electron chi connectivity index (χ0n) is 11.4. The summed E-state index contributed by atoms with van der Waals surface area (Å²) in [4.78, 5) is 28.0. The first-order chi connectivity index (χ1) is 9.02. The number of nitrogens with one attached hydrogen (secondary N) is 2. The van der Waals surface area contributed by atoms with Gasteiger partial charge in [-0.1, -0.05) is 0 Å². The molecule has 1 aromatic rings. The number of rotatable bonds is 3. The summed E-state index contributed by atoms with van der Waals surface area (Å²) >= 11 is 0. The molecule has 0 aliphatic carbocycles. The zero-order valence-corrected chi connectivity index (χ0v) is 11.4. The quantitative estimate of drug-likeness (QED) is 0.695. The molecule has 0 saturated carbocycles. The number of hydrogen-bond acceptors (Lipinski definition) is 5. The molecule has 1 aliphatic heterocycles. The van der Waals surface area contributed by atoms with Crippen LogP contribution in [0.4, 0.5) is 11.5 Å². The minimum Gasteiger partial charge on any atom is -0.383 e. The number of anilines is 2. The van der Waals surface area contributed by atoms with Gasteiger partial charge in [-0.2, -0.15) is 0 Å². The maximum atomic E-state index is 11.8. The fourth-order valence-electron chi connectivity index (χ4n) is 2.40. The maximum absolute atomic E-state index is 11.8. The Kier molecular flexibility index (Phi) is 3.94. The molecule has 7 nitrogen and oxygen atoms in total. The highest BCUT2D eigenvalue weighted by Crippen LogP contribution is 2.16. The van der Waals surface area contributed by atoms with Crippen LogP contribution >= 0.6 is 0 Å². The number of nitrogens with two attached hydrogens (primary N) is 1. The molecular formula is C12H21N5O2. The average Bonchev–Trinajstić information content (AvgIpc) is 2.37. The predicted molar refractivity (Wildman–Crippen MR) is 75.6 cm³/mol. The number of nitrogens with zero attached hydrogens (tertiary/aromatic N) is 2. The van der Waals surface area contributed by atoms with E-state index < -0.39 is 11.2 Å². The van der Waals surface area contributed by atoms with Gasteiger partial charge in [0.25, 0.3) is 5.56 Å². The largest absolute Gasteiger partial charge is 0.383 e. The van der Waals surface area contributed by atoms with Gasteiger partial charge in [0.05, 0.1) is 0 Å². The fourth-order valence-corrected chi connectivity index (χ4v) is 2.40. The molecule has 2 rings (SSSR count). The summed E-state index contributed by atoms with van der Waals surface area (Å²) in [6.45, 7) is 4.23. The van der Waals surface area contributed by atoms with Gasteiger partial charge in [0.15, 0.2) is 0 Å². The Morgan fingerprint density at radius 2 is 2.00 bits per heavy atom. The molecule has 4 N–H and O–H groups in total. The van der Waals surface area contributed by atoms with Crippen LogP contribution in [0.5, 0.6) is 0 Å². The third kappa shape index (κ3) is 2.81. The van der Waals surface area contributed by atoms with Crippen molar-refractivity contribution in [2.45, 2.75) is 32.4 Å². The molecule has 7 heteroatoms. The smallest absolute Gasteiger partial charge is 0.330 e. The zero-order chi connectivity index (χ0) is 14.0. The topological polar surface area (TPSA) is 96.2 Å². The highest BCUT2D eigenvalue weighted by Gasteiger charge is 2.19. The molecule has 2 heterocycles. The van der Waals surface area contributed by atoms with Crippen LogP contribution in [-0.4, -0.2) is 40.6 Å². The van der Waals surface area contributed by atoms with Gasteiger partial charge < -0.3 is 16.0 Å². The van der Waals surface area contributed by atoms with E-state index in [9.17, 15) is 9.59 Å². The Labute approximate surface area is 111 Å². The summed E-state index contributed by atoms with van der Waals surface area (Å²) in [5, 5.41) is 3.18. The van der Waals surface area contributed by atoms with E-state index in [1.807, 2.05) is 6.92 Å². The van der Waals surface area contributed by atoms with Gasteiger partial charge in [-0.25, -0.2) is 4.79 Å². The van der Waals surface area contributed by atoms with Crippen molar-refractivity contribution in [3.8, 4) is 0 Å². The minimum atomic E-state index is -0.459. The van der Waals surface area contributed by atoms with Crippen LogP contribution < -0.4 is 22.3 Å². The van der Waals surface area contributed by atoms with E-state index in [2.05, 4.69) is 22.2 Å². The molecule has 1 aromatic heterocycles. The van der Waals surface area contributed by atoms with Crippen molar-refractivity contribution in [2.75, 3.05) is 31.2 Å². The molecule has 0 spiro atoms.